The lowest BCUT2D eigenvalue weighted by atomic mass is 9.92. The fraction of sp³-hybridized carbons (Fsp3) is 0.333. The van der Waals surface area contributed by atoms with Gasteiger partial charge in [0.05, 0.1) is 47.1 Å². The number of fused-ring (bicyclic) bond motifs is 1. The molecule has 4 atom stereocenters. The Morgan fingerprint density at radius 2 is 0.886 bits per heavy atom. The largest absolute Gasteiger partial charge is 0.494 e. The SMILES string of the molecule is CC(C)(COc1ccc(C(F)(F)F)cc1)CN(Cc1cccnc1)Cc1ccccc1C(F)(F)F.Cc1ccccc1CN(CC(O)COc1ccc(C(F)(F)F)cc1)[C@@H](c1cccnc1)C(F)(F)F.Cc1ccccc1CN(Cc1cccnc1)CC(C)(O)COc1ccc(C(F)(F)F)cc1.Cn1ccnc1C1c2ccccc2CCN1CCCOc1ccc(C(F)(F)F)cc1. The number of aromatic nitrogens is 5. The lowest BCUT2D eigenvalue weighted by molar-refractivity contribution is -0.192. The summed E-state index contributed by atoms with van der Waals surface area (Å²) in [4.78, 5) is 24.1. The molecule has 4 aromatic heterocycles. The van der Waals surface area contributed by atoms with Gasteiger partial charge in [0.2, 0.25) is 0 Å². The number of pyridine rings is 3. The van der Waals surface area contributed by atoms with Crippen molar-refractivity contribution in [3.63, 3.8) is 0 Å². The van der Waals surface area contributed by atoms with Crippen LogP contribution in [0.4, 0.5) is 79.0 Å². The highest BCUT2D eigenvalue weighted by Crippen LogP contribution is 2.42. The first-order valence-electron chi connectivity index (χ1n) is 41.9. The molecule has 3 unspecified atom stereocenters. The number of benzene rings is 8. The molecule has 0 saturated carbocycles. The van der Waals surface area contributed by atoms with Gasteiger partial charge >= 0.3 is 37.1 Å². The van der Waals surface area contributed by atoms with Gasteiger partial charge in [0, 0.05) is 127 Å². The van der Waals surface area contributed by atoms with Gasteiger partial charge in [0.25, 0.3) is 0 Å². The molecular formula is C99H101F18N9O6. The van der Waals surface area contributed by atoms with E-state index in [4.69, 9.17) is 18.9 Å². The van der Waals surface area contributed by atoms with Crippen LogP contribution < -0.4 is 18.9 Å². The highest BCUT2D eigenvalue weighted by molar-refractivity contribution is 5.38. The van der Waals surface area contributed by atoms with Crippen LogP contribution >= 0.6 is 0 Å². The number of imidazole rings is 1. The third-order valence-electron chi connectivity index (χ3n) is 21.3. The molecule has 1 aliphatic rings. The molecule has 132 heavy (non-hydrogen) atoms. The minimum absolute atomic E-state index is 0.0499. The van der Waals surface area contributed by atoms with E-state index in [0.29, 0.717) is 50.6 Å². The molecule has 33 heteroatoms. The number of halogens is 18. The maximum absolute atomic E-state index is 14.2. The Kier molecular flexibility index (Phi) is 35.6. The van der Waals surface area contributed by atoms with Crippen molar-refractivity contribution >= 4 is 0 Å². The predicted molar refractivity (Wildman–Crippen MR) is 464 cm³/mol. The van der Waals surface area contributed by atoms with Gasteiger partial charge < -0.3 is 33.7 Å². The van der Waals surface area contributed by atoms with Crippen LogP contribution in [-0.4, -0.2) is 131 Å². The van der Waals surface area contributed by atoms with E-state index in [1.807, 2.05) is 81.5 Å². The Morgan fingerprint density at radius 1 is 0.447 bits per heavy atom. The molecule has 0 amide bonds. The van der Waals surface area contributed by atoms with Gasteiger partial charge in [0.15, 0.2) is 0 Å². The number of rotatable bonds is 33. The highest BCUT2D eigenvalue weighted by atomic mass is 19.4. The number of aliphatic hydroxyl groups is 2. The first kappa shape index (κ1) is 102. The summed E-state index contributed by atoms with van der Waals surface area (Å²) in [5.41, 5.74) is 2.84. The Bertz CT molecular complexity index is 5480. The van der Waals surface area contributed by atoms with E-state index < -0.39 is 101 Å². The van der Waals surface area contributed by atoms with Gasteiger partial charge in [-0.05, 0) is 211 Å². The lowest BCUT2D eigenvalue weighted by Gasteiger charge is -2.37. The Hall–Kier alpha value is -11.9. The van der Waals surface area contributed by atoms with Gasteiger partial charge in [-0.25, -0.2) is 4.98 Å². The summed E-state index contributed by atoms with van der Waals surface area (Å²) in [7, 11) is 2.01. The summed E-state index contributed by atoms with van der Waals surface area (Å²) in [6, 6.07) is 54.8. The molecule has 15 nitrogen and oxygen atoms in total. The van der Waals surface area contributed by atoms with Crippen molar-refractivity contribution in [2.24, 2.45) is 12.5 Å². The van der Waals surface area contributed by atoms with Crippen LogP contribution in [0.5, 0.6) is 23.0 Å². The number of ether oxygens (including phenoxy) is 4. The summed E-state index contributed by atoms with van der Waals surface area (Å²) in [5.74, 6) is 2.07. The van der Waals surface area contributed by atoms with Crippen LogP contribution in [0.2, 0.25) is 0 Å². The van der Waals surface area contributed by atoms with Gasteiger partial charge in [-0.3, -0.25) is 34.6 Å². The molecule has 0 radical (unpaired) electrons. The van der Waals surface area contributed by atoms with E-state index in [9.17, 15) is 89.2 Å². The average molecular weight is 1850 g/mol. The van der Waals surface area contributed by atoms with Crippen molar-refractivity contribution in [2.45, 2.75) is 141 Å². The predicted octanol–water partition coefficient (Wildman–Crippen LogP) is 23.3. The summed E-state index contributed by atoms with van der Waals surface area (Å²) >= 11 is 0. The Morgan fingerprint density at radius 3 is 1.35 bits per heavy atom. The fourth-order valence-electron chi connectivity index (χ4n) is 14.9. The molecule has 5 heterocycles. The molecule has 0 bridgehead atoms. The normalized spacial score (nSPS) is 14.3. The minimum atomic E-state index is -4.67. The van der Waals surface area contributed by atoms with E-state index in [-0.39, 0.29) is 60.7 Å². The van der Waals surface area contributed by atoms with Crippen molar-refractivity contribution in [1.82, 2.24) is 44.1 Å². The fourth-order valence-corrected chi connectivity index (χ4v) is 14.9. The summed E-state index contributed by atoms with van der Waals surface area (Å²) in [6.07, 6.45) is -13.4. The van der Waals surface area contributed by atoms with E-state index >= 15 is 0 Å². The van der Waals surface area contributed by atoms with Gasteiger partial charge in [0.1, 0.15) is 59.8 Å². The van der Waals surface area contributed by atoms with E-state index in [0.717, 1.165) is 137 Å². The van der Waals surface area contributed by atoms with Crippen molar-refractivity contribution < 1.29 is 108 Å². The number of aliphatic hydroxyl groups excluding tert-OH is 1. The second-order valence-electron chi connectivity index (χ2n) is 33.0. The van der Waals surface area contributed by atoms with E-state index in [2.05, 4.69) is 64.6 Å². The number of hydrogen-bond acceptors (Lipinski definition) is 14. The average Bonchev–Trinajstić information content (AvgIpc) is 1.45. The molecule has 2 N–H and O–H groups in total. The third kappa shape index (κ3) is 32.0. The van der Waals surface area contributed by atoms with Crippen LogP contribution in [0, 0.1) is 19.3 Å². The zero-order valence-electron chi connectivity index (χ0n) is 73.0. The van der Waals surface area contributed by atoms with E-state index in [1.54, 1.807) is 75.0 Å². The summed E-state index contributed by atoms with van der Waals surface area (Å²) in [5, 5.41) is 21.5. The topological polar surface area (TPSA) is 147 Å². The molecule has 0 spiro atoms. The van der Waals surface area contributed by atoms with Crippen molar-refractivity contribution in [2.75, 3.05) is 59.2 Å². The molecule has 13 rings (SSSR count). The molecule has 0 fully saturated rings. The summed E-state index contributed by atoms with van der Waals surface area (Å²) in [6.45, 7) is 12.9. The Labute approximate surface area is 753 Å². The number of hydrogen-bond donors (Lipinski definition) is 2. The maximum atomic E-state index is 14.2. The first-order chi connectivity index (χ1) is 62.3. The molecule has 0 saturated heterocycles. The zero-order valence-corrected chi connectivity index (χ0v) is 73.0. The Balaban J connectivity index is 0.000000183. The number of alkyl halides is 18. The number of nitrogens with zero attached hydrogens (tertiary/aromatic N) is 9. The smallest absolute Gasteiger partial charge is 0.416 e. The van der Waals surface area contributed by atoms with Crippen LogP contribution in [-0.2, 0) is 77.1 Å². The molecule has 0 aliphatic carbocycles. The first-order valence-corrected chi connectivity index (χ1v) is 41.9. The monoisotopic (exact) mass is 1850 g/mol. The number of aryl methyl sites for hydroxylation is 3. The minimum Gasteiger partial charge on any atom is -0.494 e. The van der Waals surface area contributed by atoms with Crippen LogP contribution in [0.1, 0.15) is 129 Å². The van der Waals surface area contributed by atoms with Crippen LogP contribution in [0.3, 0.4) is 0 Å². The second kappa shape index (κ2) is 46.0. The molecule has 12 aromatic rings. The molecular weight excluding hydrogens is 1750 g/mol. The quantitative estimate of drug-likeness (QED) is 0.0297. The van der Waals surface area contributed by atoms with Gasteiger partial charge in [-0.2, -0.15) is 79.0 Å². The molecule has 8 aromatic carbocycles. The molecule has 704 valence electrons. The van der Waals surface area contributed by atoms with Gasteiger partial charge in [-0.15, -0.1) is 0 Å². The second-order valence-corrected chi connectivity index (χ2v) is 33.0. The third-order valence-corrected chi connectivity index (χ3v) is 21.3. The molecule has 1 aliphatic heterocycles. The highest BCUT2D eigenvalue weighted by Gasteiger charge is 2.46. The van der Waals surface area contributed by atoms with Crippen molar-refractivity contribution in [3.8, 4) is 23.0 Å². The van der Waals surface area contributed by atoms with E-state index in [1.165, 1.54) is 78.0 Å². The van der Waals surface area contributed by atoms with Gasteiger partial charge in [-0.1, -0.05) is 123 Å². The van der Waals surface area contributed by atoms with Crippen molar-refractivity contribution in [3.05, 3.63) is 369 Å². The lowest BCUT2D eigenvalue weighted by Crippen LogP contribution is -2.44. The summed E-state index contributed by atoms with van der Waals surface area (Å²) < 4.78 is 260. The zero-order chi connectivity index (χ0) is 95.7. The van der Waals surface area contributed by atoms with Crippen LogP contribution in [0.25, 0.3) is 0 Å². The maximum Gasteiger partial charge on any atom is 0.416 e. The standard InChI is InChI=1S/C26H26F6N2O.C25H24F6N2O2.C25H27F3N2O2.C23H24F3N3O/c1-24(2,18-35-22-11-9-21(10-12-22)25(27,28)29)17-34(15-19-6-5-13-33-14-19)16-20-7-3-4-8-23(20)26(30,31)32;1-17-5-2-3-6-19(17)14-33(23(25(29,30)31)18-7-4-12-32-13-18)15-21(34)16-35-22-10-8-20(9-11-22)24(26,27)28;1-19-6-3-4-8-21(19)16-30(15-20-7-5-13-29-14-20)17-24(2,31)18-32-23-11-9-22(10-12-23)25(26,27)28;1-28-15-12-27-22(28)21-20-6-3-2-5-17(20)11-14-29(21)13-4-16-30-19-9-7-18(8-10-19)23(24,25)26/h3-14H,15-18H2,1-2H3;2-13,21,23,34H,14-16H2,1H3;3-14,31H,15-18H2,1-2H3;2-3,5-10,12,15,21H,4,11,13-14,16H2,1H3/t;21?,23-;;/m.0../s1. The van der Waals surface area contributed by atoms with Crippen LogP contribution in [0.15, 0.2) is 280 Å². The van der Waals surface area contributed by atoms with Crippen molar-refractivity contribution in [1.29, 1.82) is 0 Å².